The van der Waals surface area contributed by atoms with Crippen LogP contribution >= 0.6 is 12.4 Å². The highest BCUT2D eigenvalue weighted by Crippen LogP contribution is 2.38. The molecule has 1 aliphatic carbocycles. The number of ketones is 1. The van der Waals surface area contributed by atoms with Crippen molar-refractivity contribution < 1.29 is 9.59 Å². The second-order valence-electron chi connectivity index (χ2n) is 4.36. The van der Waals surface area contributed by atoms with Crippen molar-refractivity contribution in [2.45, 2.75) is 6.42 Å². The van der Waals surface area contributed by atoms with Crippen LogP contribution in [0, 0.1) is 0 Å². The van der Waals surface area contributed by atoms with Crippen molar-refractivity contribution in [3.8, 4) is 11.1 Å². The van der Waals surface area contributed by atoms with E-state index in [1.807, 2.05) is 30.3 Å². The summed E-state index contributed by atoms with van der Waals surface area (Å²) in [5, 5.41) is 0. The molecule has 2 aromatic rings. The monoisotopic (exact) mass is 273 g/mol. The van der Waals surface area contributed by atoms with E-state index >= 15 is 0 Å². The maximum Gasteiger partial charge on any atom is 0.221 e. The Labute approximate surface area is 116 Å². The average molecular weight is 274 g/mol. The maximum atomic E-state index is 12.2. The van der Waals surface area contributed by atoms with E-state index in [1.165, 1.54) is 0 Å². The van der Waals surface area contributed by atoms with Crippen molar-refractivity contribution in [2.24, 2.45) is 5.73 Å². The van der Waals surface area contributed by atoms with E-state index < -0.39 is 0 Å². The lowest BCUT2D eigenvalue weighted by molar-refractivity contribution is -0.117. The summed E-state index contributed by atoms with van der Waals surface area (Å²) < 4.78 is 0. The standard InChI is InChI=1S/C15H11NO2.ClH/c16-13(17)8-9-4-3-7-12-14(9)10-5-1-2-6-11(10)15(12)18;/h1-7H,8H2,(H2,16,17);1H. The molecule has 0 saturated heterocycles. The van der Waals surface area contributed by atoms with E-state index in [0.29, 0.717) is 11.1 Å². The van der Waals surface area contributed by atoms with Crippen LogP contribution in [-0.2, 0) is 11.2 Å². The van der Waals surface area contributed by atoms with Crippen LogP contribution in [0.4, 0.5) is 0 Å². The van der Waals surface area contributed by atoms with Crippen molar-refractivity contribution in [2.75, 3.05) is 0 Å². The second kappa shape index (κ2) is 4.86. The predicted molar refractivity (Wildman–Crippen MR) is 75.5 cm³/mol. The average Bonchev–Trinajstić information content (AvgIpc) is 2.65. The highest BCUT2D eigenvalue weighted by molar-refractivity contribution is 6.22. The molecular formula is C15H12ClNO2. The van der Waals surface area contributed by atoms with Gasteiger partial charge in [0.05, 0.1) is 6.42 Å². The first kappa shape index (κ1) is 13.3. The fourth-order valence-electron chi connectivity index (χ4n) is 2.49. The fraction of sp³-hybridized carbons (Fsp3) is 0.0667. The summed E-state index contributed by atoms with van der Waals surface area (Å²) in [7, 11) is 0. The molecule has 0 bridgehead atoms. The third-order valence-electron chi connectivity index (χ3n) is 3.20. The molecule has 0 aliphatic heterocycles. The van der Waals surface area contributed by atoms with Crippen molar-refractivity contribution in [3.05, 3.63) is 59.2 Å². The third-order valence-corrected chi connectivity index (χ3v) is 3.20. The molecule has 19 heavy (non-hydrogen) atoms. The largest absolute Gasteiger partial charge is 0.369 e. The summed E-state index contributed by atoms with van der Waals surface area (Å²) in [5.41, 5.74) is 9.18. The molecule has 1 amide bonds. The number of halogens is 1. The van der Waals surface area contributed by atoms with Crippen LogP contribution in [0.5, 0.6) is 0 Å². The first-order chi connectivity index (χ1) is 8.68. The smallest absolute Gasteiger partial charge is 0.221 e. The van der Waals surface area contributed by atoms with Crippen LogP contribution in [0.3, 0.4) is 0 Å². The number of carbonyl (C=O) groups excluding carboxylic acids is 2. The van der Waals surface area contributed by atoms with Crippen LogP contribution in [-0.4, -0.2) is 11.7 Å². The molecule has 0 spiro atoms. The topological polar surface area (TPSA) is 60.2 Å². The summed E-state index contributed by atoms with van der Waals surface area (Å²) in [4.78, 5) is 23.3. The zero-order chi connectivity index (χ0) is 12.7. The van der Waals surface area contributed by atoms with Crippen molar-refractivity contribution in [3.63, 3.8) is 0 Å². The Bertz CT molecular complexity index is 680. The van der Waals surface area contributed by atoms with Crippen molar-refractivity contribution in [1.29, 1.82) is 0 Å². The quantitative estimate of drug-likeness (QED) is 0.779. The zero-order valence-electron chi connectivity index (χ0n) is 10.1. The van der Waals surface area contributed by atoms with Gasteiger partial charge in [0.25, 0.3) is 0 Å². The molecule has 0 heterocycles. The molecule has 0 unspecified atom stereocenters. The van der Waals surface area contributed by atoms with Crippen LogP contribution in [0.1, 0.15) is 21.5 Å². The third kappa shape index (κ3) is 2.02. The van der Waals surface area contributed by atoms with Gasteiger partial charge in [0.15, 0.2) is 5.78 Å². The molecule has 4 heteroatoms. The van der Waals surface area contributed by atoms with E-state index in [9.17, 15) is 9.59 Å². The molecule has 0 aromatic heterocycles. The van der Waals surface area contributed by atoms with Crippen LogP contribution in [0.15, 0.2) is 42.5 Å². The molecule has 2 N–H and O–H groups in total. The maximum absolute atomic E-state index is 12.2. The normalized spacial score (nSPS) is 11.5. The van der Waals surface area contributed by atoms with Crippen LogP contribution < -0.4 is 5.73 Å². The van der Waals surface area contributed by atoms with E-state index in [0.717, 1.165) is 16.7 Å². The summed E-state index contributed by atoms with van der Waals surface area (Å²) >= 11 is 0. The summed E-state index contributed by atoms with van der Waals surface area (Å²) in [5.74, 6) is -0.368. The van der Waals surface area contributed by atoms with E-state index in [4.69, 9.17) is 5.73 Å². The van der Waals surface area contributed by atoms with Gasteiger partial charge in [0, 0.05) is 11.1 Å². The van der Waals surface area contributed by atoms with Gasteiger partial charge in [0.2, 0.25) is 5.91 Å². The van der Waals surface area contributed by atoms with E-state index in [2.05, 4.69) is 0 Å². The molecule has 0 saturated carbocycles. The number of fused-ring (bicyclic) bond motifs is 3. The van der Waals surface area contributed by atoms with E-state index in [-0.39, 0.29) is 30.5 Å². The Balaban J connectivity index is 0.00000133. The SMILES string of the molecule is Cl.NC(=O)Cc1cccc2c1-c1ccccc1C2=O. The van der Waals surface area contributed by atoms with Crippen LogP contribution in [0.2, 0.25) is 0 Å². The number of hydrogen-bond acceptors (Lipinski definition) is 2. The zero-order valence-corrected chi connectivity index (χ0v) is 10.9. The Morgan fingerprint density at radius 2 is 1.58 bits per heavy atom. The molecule has 3 rings (SSSR count). The van der Waals surface area contributed by atoms with Gasteiger partial charge in [-0.3, -0.25) is 9.59 Å². The predicted octanol–water partition coefficient (Wildman–Crippen LogP) is 2.35. The number of hydrogen-bond donors (Lipinski definition) is 1. The van der Waals surface area contributed by atoms with Crippen molar-refractivity contribution in [1.82, 2.24) is 0 Å². The van der Waals surface area contributed by atoms with Gasteiger partial charge in [-0.25, -0.2) is 0 Å². The van der Waals surface area contributed by atoms with Gasteiger partial charge >= 0.3 is 0 Å². The lowest BCUT2D eigenvalue weighted by Crippen LogP contribution is -2.14. The minimum atomic E-state index is -0.389. The number of nitrogens with two attached hydrogens (primary N) is 1. The van der Waals surface area contributed by atoms with Crippen molar-refractivity contribution >= 4 is 24.1 Å². The number of rotatable bonds is 2. The minimum Gasteiger partial charge on any atom is -0.369 e. The summed E-state index contributed by atoms with van der Waals surface area (Å²) in [6, 6.07) is 12.9. The fourth-order valence-corrected chi connectivity index (χ4v) is 2.49. The summed E-state index contributed by atoms with van der Waals surface area (Å²) in [6.07, 6.45) is 0.158. The van der Waals surface area contributed by atoms with Gasteiger partial charge in [0.1, 0.15) is 0 Å². The van der Waals surface area contributed by atoms with Gasteiger partial charge in [-0.1, -0.05) is 42.5 Å². The van der Waals surface area contributed by atoms with Gasteiger partial charge in [-0.15, -0.1) is 12.4 Å². The van der Waals surface area contributed by atoms with Gasteiger partial charge in [-0.2, -0.15) is 0 Å². The number of carbonyl (C=O) groups is 2. The number of primary amides is 1. The highest BCUT2D eigenvalue weighted by Gasteiger charge is 2.28. The number of amides is 1. The van der Waals surface area contributed by atoms with Crippen LogP contribution in [0.25, 0.3) is 11.1 Å². The molecule has 0 atom stereocenters. The first-order valence-electron chi connectivity index (χ1n) is 5.73. The molecule has 0 radical (unpaired) electrons. The van der Waals surface area contributed by atoms with E-state index in [1.54, 1.807) is 12.1 Å². The Kier molecular flexibility index (Phi) is 3.40. The molecular weight excluding hydrogens is 262 g/mol. The second-order valence-corrected chi connectivity index (χ2v) is 4.36. The van der Waals surface area contributed by atoms with Gasteiger partial charge in [-0.05, 0) is 16.7 Å². The Morgan fingerprint density at radius 3 is 2.26 bits per heavy atom. The molecule has 96 valence electrons. The first-order valence-corrected chi connectivity index (χ1v) is 5.73. The molecule has 0 fully saturated rings. The Hall–Kier alpha value is -2.13. The lowest BCUT2D eigenvalue weighted by Gasteiger charge is -2.06. The lowest BCUT2D eigenvalue weighted by atomic mass is 9.97. The summed E-state index contributed by atoms with van der Waals surface area (Å²) in [6.45, 7) is 0. The molecule has 1 aliphatic rings. The minimum absolute atomic E-state index is 0. The van der Waals surface area contributed by atoms with Gasteiger partial charge < -0.3 is 5.73 Å². The highest BCUT2D eigenvalue weighted by atomic mass is 35.5. The molecule has 2 aromatic carbocycles. The number of benzene rings is 2. The molecule has 3 nitrogen and oxygen atoms in total. The Morgan fingerprint density at radius 1 is 0.947 bits per heavy atom.